The van der Waals surface area contributed by atoms with Gasteiger partial charge in [-0.2, -0.15) is 0 Å². The summed E-state index contributed by atoms with van der Waals surface area (Å²) < 4.78 is 23.0. The summed E-state index contributed by atoms with van der Waals surface area (Å²) in [5.74, 6) is -0.199. The van der Waals surface area contributed by atoms with Gasteiger partial charge in [-0.15, -0.1) is 0 Å². The van der Waals surface area contributed by atoms with E-state index in [9.17, 15) is 45.6 Å². The molecule has 2 aliphatic rings. The number of allylic oxidation sites excluding steroid dienone is 10. The lowest BCUT2D eigenvalue weighted by Crippen LogP contribution is -2.65. The molecule has 2 aliphatic heterocycles. The number of amides is 1. The van der Waals surface area contributed by atoms with Crippen molar-refractivity contribution in [1.82, 2.24) is 5.32 Å². The fraction of sp³-hybridized carbons (Fsp3) is 0.871. The van der Waals surface area contributed by atoms with Gasteiger partial charge in [0.1, 0.15) is 48.8 Å². The summed E-state index contributed by atoms with van der Waals surface area (Å²) in [6.07, 6.45) is 77.0. The van der Waals surface area contributed by atoms with Crippen molar-refractivity contribution in [1.29, 1.82) is 0 Å². The molecular weight excluding hydrogens is 1240 g/mol. The second kappa shape index (κ2) is 68.8. The van der Waals surface area contributed by atoms with Gasteiger partial charge in [-0.1, -0.05) is 376 Å². The van der Waals surface area contributed by atoms with E-state index in [1.165, 1.54) is 270 Å². The van der Waals surface area contributed by atoms with Crippen LogP contribution in [-0.4, -0.2) is 140 Å². The fourth-order valence-corrected chi connectivity index (χ4v) is 13.9. The Morgan fingerprint density at radius 1 is 0.374 bits per heavy atom. The first-order valence-corrected chi connectivity index (χ1v) is 42.0. The maximum Gasteiger partial charge on any atom is 0.220 e. The van der Waals surface area contributed by atoms with Crippen LogP contribution in [0.3, 0.4) is 0 Å². The SMILES string of the molecule is CC/C=C\C/C=C\C/C=C\C/C=C\C/C=C\CCCCCCCCCCCCCCCCCCCCCCCCCC(=O)NC(COC1OC(CO)C(OC2OC(CO)C(O)C(O)C2O)C(O)C1O)C(O)CCCCCCCCCCCCCCCCCCCCCCCCCCCC. The minimum Gasteiger partial charge on any atom is -0.394 e. The lowest BCUT2D eigenvalue weighted by atomic mass is 9.97. The molecule has 12 unspecified atom stereocenters. The van der Waals surface area contributed by atoms with E-state index in [4.69, 9.17) is 18.9 Å². The van der Waals surface area contributed by atoms with Crippen LogP contribution in [0.5, 0.6) is 0 Å². The highest BCUT2D eigenvalue weighted by atomic mass is 16.7. The molecule has 14 heteroatoms. The Balaban J connectivity index is 1.56. The lowest BCUT2D eigenvalue weighted by Gasteiger charge is -2.46. The first-order chi connectivity index (χ1) is 48.6. The molecule has 2 heterocycles. The van der Waals surface area contributed by atoms with Crippen LogP contribution in [0.15, 0.2) is 60.8 Å². The highest BCUT2D eigenvalue weighted by molar-refractivity contribution is 5.76. The van der Waals surface area contributed by atoms with E-state index in [0.717, 1.165) is 83.5 Å². The third-order valence-electron chi connectivity index (χ3n) is 20.5. The number of hydrogen-bond acceptors (Lipinski definition) is 13. The number of aliphatic hydroxyl groups excluding tert-OH is 8. The number of hydrogen-bond donors (Lipinski definition) is 9. The van der Waals surface area contributed by atoms with Crippen molar-refractivity contribution in [3.05, 3.63) is 60.8 Å². The maximum atomic E-state index is 13.4. The molecule has 0 aromatic rings. The Bertz CT molecular complexity index is 1900. The number of rotatable bonds is 71. The van der Waals surface area contributed by atoms with Crippen LogP contribution in [-0.2, 0) is 23.7 Å². The van der Waals surface area contributed by atoms with Gasteiger partial charge in [0.2, 0.25) is 5.91 Å². The van der Waals surface area contributed by atoms with E-state index < -0.39 is 86.8 Å². The highest BCUT2D eigenvalue weighted by Crippen LogP contribution is 2.31. The predicted octanol–water partition coefficient (Wildman–Crippen LogP) is 19.5. The molecule has 0 aromatic carbocycles. The molecular formula is C85H157NO13. The van der Waals surface area contributed by atoms with E-state index in [1.54, 1.807) is 0 Å². The molecule has 0 radical (unpaired) electrons. The second-order valence-corrected chi connectivity index (χ2v) is 29.6. The van der Waals surface area contributed by atoms with Crippen LogP contribution >= 0.6 is 0 Å². The summed E-state index contributed by atoms with van der Waals surface area (Å²) in [5, 5.41) is 87.9. The van der Waals surface area contributed by atoms with Crippen molar-refractivity contribution in [2.75, 3.05) is 19.8 Å². The van der Waals surface area contributed by atoms with Crippen LogP contribution in [0.1, 0.15) is 380 Å². The number of ether oxygens (including phenoxy) is 4. The average Bonchev–Trinajstić information content (AvgIpc) is 0.794. The van der Waals surface area contributed by atoms with E-state index >= 15 is 0 Å². The van der Waals surface area contributed by atoms with E-state index in [-0.39, 0.29) is 12.5 Å². The van der Waals surface area contributed by atoms with Crippen molar-refractivity contribution in [2.45, 2.75) is 453 Å². The average molecular weight is 1400 g/mol. The summed E-state index contributed by atoms with van der Waals surface area (Å²) in [4.78, 5) is 13.4. The van der Waals surface area contributed by atoms with E-state index in [2.05, 4.69) is 79.9 Å². The molecule has 0 aromatic heterocycles. The molecule has 2 fully saturated rings. The normalized spacial score (nSPS) is 22.2. The first-order valence-electron chi connectivity index (χ1n) is 42.0. The Morgan fingerprint density at radius 2 is 0.697 bits per heavy atom. The van der Waals surface area contributed by atoms with E-state index in [1.807, 2.05) is 0 Å². The Morgan fingerprint density at radius 3 is 1.07 bits per heavy atom. The molecule has 0 spiro atoms. The van der Waals surface area contributed by atoms with Crippen LogP contribution in [0.25, 0.3) is 0 Å². The molecule has 99 heavy (non-hydrogen) atoms. The molecule has 2 rings (SSSR count). The van der Waals surface area contributed by atoms with Crippen molar-refractivity contribution in [3.63, 3.8) is 0 Å². The molecule has 0 aliphatic carbocycles. The third kappa shape index (κ3) is 51.5. The molecule has 2 saturated heterocycles. The number of carbonyl (C=O) groups excluding carboxylic acids is 1. The monoisotopic (exact) mass is 1400 g/mol. The van der Waals surface area contributed by atoms with Gasteiger partial charge in [-0.05, 0) is 57.8 Å². The highest BCUT2D eigenvalue weighted by Gasteiger charge is 2.51. The first kappa shape index (κ1) is 92.8. The van der Waals surface area contributed by atoms with Crippen molar-refractivity contribution >= 4 is 5.91 Å². The van der Waals surface area contributed by atoms with Gasteiger partial charge < -0.3 is 65.1 Å². The summed E-state index contributed by atoms with van der Waals surface area (Å²) in [5.41, 5.74) is 0. The van der Waals surface area contributed by atoms with Crippen LogP contribution in [0, 0.1) is 0 Å². The summed E-state index contributed by atoms with van der Waals surface area (Å²) in [6, 6.07) is -0.830. The second-order valence-electron chi connectivity index (χ2n) is 29.6. The van der Waals surface area contributed by atoms with Gasteiger partial charge in [-0.3, -0.25) is 4.79 Å². The molecule has 0 bridgehead atoms. The lowest BCUT2D eigenvalue weighted by molar-refractivity contribution is -0.359. The van der Waals surface area contributed by atoms with Crippen molar-refractivity contribution in [2.24, 2.45) is 0 Å². The van der Waals surface area contributed by atoms with Crippen LogP contribution in [0.2, 0.25) is 0 Å². The summed E-state index contributed by atoms with van der Waals surface area (Å²) in [7, 11) is 0. The number of carbonyl (C=O) groups is 1. The van der Waals surface area contributed by atoms with Crippen molar-refractivity contribution in [3.8, 4) is 0 Å². The molecule has 9 N–H and O–H groups in total. The van der Waals surface area contributed by atoms with E-state index in [0.29, 0.717) is 12.8 Å². The minimum atomic E-state index is -1.78. The minimum absolute atomic E-state index is 0.199. The standard InChI is InChI=1S/C85H157NO13/c1-3-5-7-9-11-13-15-17-19-21-23-25-27-29-31-32-33-34-35-36-37-38-39-40-41-42-43-45-47-49-51-53-55-57-59-61-63-65-67-69-77(90)86-73(72-96-84-82(95)80(93)83(76(71-88)98-84)99-85-81(94)79(92)78(91)75(70-87)97-85)74(89)68-66-64-62-60-58-56-54-52-50-48-46-44-30-28-26-24-22-20-18-16-14-12-10-8-6-4-2/h5,7,11,13,17,19,23,25,29,31,73-76,78-85,87-89,91-95H,3-4,6,8-10,12,14-16,18,20-22,24,26-28,30,32-72H2,1-2H3,(H,86,90)/b7-5-,13-11-,19-17-,25-23-,31-29-. The quantitative estimate of drug-likeness (QED) is 0.0204. The Hall–Kier alpha value is -2.31. The number of nitrogens with one attached hydrogen (secondary N) is 1. The fourth-order valence-electron chi connectivity index (χ4n) is 13.9. The Kier molecular flexibility index (Phi) is 64.5. The molecule has 1 amide bonds. The Labute approximate surface area is 606 Å². The largest absolute Gasteiger partial charge is 0.394 e. The topological polar surface area (TPSA) is 228 Å². The van der Waals surface area contributed by atoms with Gasteiger partial charge in [0.15, 0.2) is 12.6 Å². The smallest absolute Gasteiger partial charge is 0.220 e. The maximum absolute atomic E-state index is 13.4. The predicted molar refractivity (Wildman–Crippen MR) is 411 cm³/mol. The summed E-state index contributed by atoms with van der Waals surface area (Å²) >= 11 is 0. The zero-order chi connectivity index (χ0) is 71.5. The third-order valence-corrected chi connectivity index (χ3v) is 20.5. The van der Waals surface area contributed by atoms with Gasteiger partial charge in [0.05, 0.1) is 32.0 Å². The molecule has 580 valence electrons. The zero-order valence-electron chi connectivity index (χ0n) is 63.7. The van der Waals surface area contributed by atoms with Crippen molar-refractivity contribution < 1.29 is 64.6 Å². The van der Waals surface area contributed by atoms with Crippen LogP contribution in [0.4, 0.5) is 0 Å². The molecule has 0 saturated carbocycles. The molecule has 14 nitrogen and oxygen atoms in total. The van der Waals surface area contributed by atoms with Crippen LogP contribution < -0.4 is 5.32 Å². The van der Waals surface area contributed by atoms with Gasteiger partial charge in [0, 0.05) is 6.42 Å². The zero-order valence-corrected chi connectivity index (χ0v) is 63.7. The number of aliphatic hydroxyl groups is 8. The van der Waals surface area contributed by atoms with Gasteiger partial charge in [-0.25, -0.2) is 0 Å². The summed E-state index contributed by atoms with van der Waals surface area (Å²) in [6.45, 7) is 2.81. The molecule has 12 atom stereocenters. The van der Waals surface area contributed by atoms with Gasteiger partial charge in [0.25, 0.3) is 0 Å². The van der Waals surface area contributed by atoms with Gasteiger partial charge >= 0.3 is 0 Å². The number of unbranched alkanes of at least 4 members (excludes halogenated alkanes) is 48.